The Morgan fingerprint density at radius 2 is 2.11 bits per heavy atom. The Bertz CT molecular complexity index is 768. The van der Waals surface area contributed by atoms with E-state index in [0.29, 0.717) is 35.2 Å². The predicted molar refractivity (Wildman–Crippen MR) is 102 cm³/mol. The second kappa shape index (κ2) is 9.68. The Kier molecular flexibility index (Phi) is 7.58. The molecule has 2 aromatic rings. The molecule has 0 aliphatic carbocycles. The summed E-state index contributed by atoms with van der Waals surface area (Å²) in [4.78, 5) is 19.1. The molecular weight excluding hydrogens is 372 g/mol. The zero-order valence-electron chi connectivity index (χ0n) is 15.7. The van der Waals surface area contributed by atoms with Crippen LogP contribution in [0.1, 0.15) is 34.5 Å². The smallest absolute Gasteiger partial charge is 0.227 e. The molecule has 1 aromatic carbocycles. The molecular formula is C18H25ClN4O4. The summed E-state index contributed by atoms with van der Waals surface area (Å²) in [5.74, 6) is 2.25. The summed E-state index contributed by atoms with van der Waals surface area (Å²) in [6, 6.07) is 5.24. The zero-order chi connectivity index (χ0) is 18.5. The number of carbonyl (C=O) groups excluding carboxylic acids is 1. The van der Waals surface area contributed by atoms with Gasteiger partial charge in [-0.1, -0.05) is 5.16 Å². The number of benzene rings is 1. The van der Waals surface area contributed by atoms with Gasteiger partial charge in [-0.05, 0) is 25.2 Å². The van der Waals surface area contributed by atoms with Crippen LogP contribution in [0.5, 0.6) is 11.5 Å². The first kappa shape index (κ1) is 21.1. The van der Waals surface area contributed by atoms with Gasteiger partial charge in [-0.2, -0.15) is 4.98 Å². The lowest BCUT2D eigenvalue weighted by molar-refractivity contribution is 0.0979. The number of methoxy groups -OCH3 is 2. The fourth-order valence-corrected chi connectivity index (χ4v) is 2.97. The number of halogens is 1. The molecule has 1 saturated heterocycles. The highest BCUT2D eigenvalue weighted by Gasteiger charge is 2.25. The van der Waals surface area contributed by atoms with Gasteiger partial charge in [-0.15, -0.1) is 12.4 Å². The normalized spacial score (nSPS) is 17.2. The van der Waals surface area contributed by atoms with E-state index in [9.17, 15) is 4.79 Å². The van der Waals surface area contributed by atoms with E-state index in [2.05, 4.69) is 20.4 Å². The van der Waals surface area contributed by atoms with Gasteiger partial charge in [0.1, 0.15) is 0 Å². The average molecular weight is 397 g/mol. The maximum atomic E-state index is 12.4. The molecule has 1 N–H and O–H groups in total. The Hall–Kier alpha value is -2.16. The maximum Gasteiger partial charge on any atom is 0.227 e. The van der Waals surface area contributed by atoms with Crippen LogP contribution in [0.25, 0.3) is 0 Å². The number of hydrogen-bond acceptors (Lipinski definition) is 8. The molecule has 0 amide bonds. The van der Waals surface area contributed by atoms with Crippen molar-refractivity contribution in [2.75, 3.05) is 40.9 Å². The van der Waals surface area contributed by atoms with Crippen molar-refractivity contribution in [2.45, 2.75) is 18.9 Å². The van der Waals surface area contributed by atoms with Crippen LogP contribution in [0.4, 0.5) is 0 Å². The lowest BCUT2D eigenvalue weighted by atomic mass is 10.1. The fourth-order valence-electron chi connectivity index (χ4n) is 2.97. The van der Waals surface area contributed by atoms with Gasteiger partial charge >= 0.3 is 0 Å². The number of piperazine rings is 1. The van der Waals surface area contributed by atoms with Gasteiger partial charge < -0.3 is 19.3 Å². The Balaban J connectivity index is 0.00000261. The van der Waals surface area contributed by atoms with Crippen LogP contribution in [0.2, 0.25) is 0 Å². The number of likely N-dealkylation sites (N-methyl/N-ethyl adjacent to an activating group) is 1. The average Bonchev–Trinajstić information content (AvgIpc) is 3.14. The lowest BCUT2D eigenvalue weighted by Crippen LogP contribution is -2.44. The van der Waals surface area contributed by atoms with Crippen LogP contribution >= 0.6 is 12.4 Å². The van der Waals surface area contributed by atoms with Crippen LogP contribution in [0.3, 0.4) is 0 Å². The minimum absolute atomic E-state index is 0. The molecule has 1 unspecified atom stereocenters. The number of carbonyl (C=O) groups is 1. The van der Waals surface area contributed by atoms with E-state index in [0.717, 1.165) is 19.6 Å². The van der Waals surface area contributed by atoms with Gasteiger partial charge in [0.05, 0.1) is 20.3 Å². The van der Waals surface area contributed by atoms with Crippen LogP contribution in [0, 0.1) is 0 Å². The van der Waals surface area contributed by atoms with Crippen molar-refractivity contribution < 1.29 is 18.8 Å². The number of ketones is 1. The van der Waals surface area contributed by atoms with Gasteiger partial charge in [-0.3, -0.25) is 9.69 Å². The zero-order valence-corrected chi connectivity index (χ0v) is 16.5. The summed E-state index contributed by atoms with van der Waals surface area (Å²) in [7, 11) is 5.15. The Morgan fingerprint density at radius 3 is 2.81 bits per heavy atom. The minimum atomic E-state index is -0.0119. The van der Waals surface area contributed by atoms with E-state index in [1.54, 1.807) is 32.4 Å². The van der Waals surface area contributed by atoms with Crippen molar-refractivity contribution >= 4 is 18.2 Å². The van der Waals surface area contributed by atoms with Gasteiger partial charge in [0.15, 0.2) is 23.1 Å². The number of rotatable bonds is 7. The van der Waals surface area contributed by atoms with Crippen molar-refractivity contribution in [1.29, 1.82) is 0 Å². The Labute approximate surface area is 164 Å². The molecule has 2 heterocycles. The number of Topliss-reactive ketones (excluding diaryl/α,β-unsaturated/α-hetero) is 1. The van der Waals surface area contributed by atoms with Crippen LogP contribution in [-0.4, -0.2) is 61.7 Å². The molecule has 3 rings (SSSR count). The first-order valence-corrected chi connectivity index (χ1v) is 8.61. The fraction of sp³-hybridized carbons (Fsp3) is 0.500. The highest BCUT2D eigenvalue weighted by molar-refractivity contribution is 5.96. The van der Waals surface area contributed by atoms with E-state index in [1.165, 1.54) is 0 Å². The van der Waals surface area contributed by atoms with Gasteiger partial charge in [0, 0.05) is 38.0 Å². The molecule has 1 atom stereocenters. The quantitative estimate of drug-likeness (QED) is 0.710. The largest absolute Gasteiger partial charge is 0.493 e. The molecule has 1 aliphatic heterocycles. The van der Waals surface area contributed by atoms with Crippen LogP contribution < -0.4 is 14.8 Å². The van der Waals surface area contributed by atoms with Crippen molar-refractivity contribution in [3.63, 3.8) is 0 Å². The minimum Gasteiger partial charge on any atom is -0.493 e. The highest BCUT2D eigenvalue weighted by atomic mass is 35.5. The molecule has 148 valence electrons. The number of aryl methyl sites for hydroxylation is 1. The summed E-state index contributed by atoms with van der Waals surface area (Å²) >= 11 is 0. The second-order valence-electron chi connectivity index (χ2n) is 6.24. The van der Waals surface area contributed by atoms with Gasteiger partial charge in [0.2, 0.25) is 5.89 Å². The summed E-state index contributed by atoms with van der Waals surface area (Å²) in [5.41, 5.74) is 0.568. The molecule has 1 fully saturated rings. The van der Waals surface area contributed by atoms with Crippen LogP contribution in [-0.2, 0) is 6.42 Å². The molecule has 0 radical (unpaired) electrons. The second-order valence-corrected chi connectivity index (χ2v) is 6.24. The maximum absolute atomic E-state index is 12.4. The predicted octanol–water partition coefficient (Wildman–Crippen LogP) is 1.90. The monoisotopic (exact) mass is 396 g/mol. The number of ether oxygens (including phenoxy) is 2. The van der Waals surface area contributed by atoms with Crippen molar-refractivity contribution in [1.82, 2.24) is 20.4 Å². The SMILES string of the molecule is COc1ccc(C(=O)CCc2nc(C3CNCCN3C)no2)cc1OC.Cl. The molecule has 8 nitrogen and oxygen atoms in total. The van der Waals surface area contributed by atoms with E-state index < -0.39 is 0 Å². The van der Waals surface area contributed by atoms with Crippen molar-refractivity contribution in [3.05, 3.63) is 35.5 Å². The van der Waals surface area contributed by atoms with E-state index in [1.807, 2.05) is 7.05 Å². The number of aromatic nitrogens is 2. The van der Waals surface area contributed by atoms with Crippen molar-refractivity contribution in [3.8, 4) is 11.5 Å². The van der Waals surface area contributed by atoms with Gasteiger partial charge in [0.25, 0.3) is 0 Å². The third-order valence-corrected chi connectivity index (χ3v) is 4.56. The third-order valence-electron chi connectivity index (χ3n) is 4.56. The van der Waals surface area contributed by atoms with E-state index in [-0.39, 0.29) is 30.7 Å². The Morgan fingerprint density at radius 1 is 1.33 bits per heavy atom. The first-order valence-electron chi connectivity index (χ1n) is 8.61. The summed E-state index contributed by atoms with van der Waals surface area (Å²) in [5, 5.41) is 7.40. The molecule has 1 aliphatic rings. The summed E-state index contributed by atoms with van der Waals surface area (Å²) in [6.07, 6.45) is 0.694. The molecule has 0 bridgehead atoms. The van der Waals surface area contributed by atoms with E-state index >= 15 is 0 Å². The topological polar surface area (TPSA) is 89.7 Å². The number of hydrogen-bond donors (Lipinski definition) is 1. The molecule has 1 aromatic heterocycles. The molecule has 0 saturated carbocycles. The molecule has 9 heteroatoms. The molecule has 0 spiro atoms. The van der Waals surface area contributed by atoms with Crippen molar-refractivity contribution in [2.24, 2.45) is 0 Å². The van der Waals surface area contributed by atoms with Gasteiger partial charge in [-0.25, -0.2) is 0 Å². The number of nitrogens with one attached hydrogen (secondary N) is 1. The standard InChI is InChI=1S/C18H24N4O4.ClH/c1-22-9-8-19-11-13(22)18-20-17(26-21-18)7-5-14(23)12-4-6-15(24-2)16(10-12)25-3;/h4,6,10,13,19H,5,7-9,11H2,1-3H3;1H. The highest BCUT2D eigenvalue weighted by Crippen LogP contribution is 2.28. The third kappa shape index (κ3) is 4.97. The number of nitrogens with zero attached hydrogens (tertiary/aromatic N) is 3. The lowest BCUT2D eigenvalue weighted by Gasteiger charge is -2.30. The van der Waals surface area contributed by atoms with E-state index in [4.69, 9.17) is 14.0 Å². The summed E-state index contributed by atoms with van der Waals surface area (Å²) in [6.45, 7) is 2.68. The summed E-state index contributed by atoms with van der Waals surface area (Å²) < 4.78 is 15.8. The van der Waals surface area contributed by atoms with Crippen LogP contribution in [0.15, 0.2) is 22.7 Å². The first-order chi connectivity index (χ1) is 12.6. The molecule has 27 heavy (non-hydrogen) atoms.